The van der Waals surface area contributed by atoms with E-state index in [0.29, 0.717) is 6.61 Å². The summed E-state index contributed by atoms with van der Waals surface area (Å²) in [5.41, 5.74) is -0.0449. The lowest BCUT2D eigenvalue weighted by Crippen LogP contribution is -2.47. The summed E-state index contributed by atoms with van der Waals surface area (Å²) in [6.45, 7) is -0.645. The van der Waals surface area contributed by atoms with Crippen LogP contribution in [0.5, 0.6) is 0 Å². The van der Waals surface area contributed by atoms with Crippen LogP contribution in [0.15, 0.2) is 0 Å². The molecule has 0 aromatic carbocycles. The molecule has 2 fully saturated rings. The minimum absolute atomic E-state index is 0.0449. The lowest BCUT2D eigenvalue weighted by atomic mass is 9.70. The van der Waals surface area contributed by atoms with E-state index < -0.39 is 18.9 Å². The molecule has 1 saturated carbocycles. The van der Waals surface area contributed by atoms with Crippen LogP contribution in [-0.4, -0.2) is 42.8 Å². The van der Waals surface area contributed by atoms with Crippen LogP contribution in [-0.2, 0) is 9.47 Å². The number of aliphatic hydroxyl groups is 1. The van der Waals surface area contributed by atoms with Crippen molar-refractivity contribution in [3.63, 3.8) is 0 Å². The third kappa shape index (κ3) is 4.33. The Kier molecular flexibility index (Phi) is 4.74. The van der Waals surface area contributed by atoms with Gasteiger partial charge in [0.1, 0.15) is 6.61 Å². The van der Waals surface area contributed by atoms with Gasteiger partial charge in [0.2, 0.25) is 0 Å². The van der Waals surface area contributed by atoms with Crippen molar-refractivity contribution in [1.29, 1.82) is 0 Å². The van der Waals surface area contributed by atoms with Crippen molar-refractivity contribution in [2.45, 2.75) is 56.4 Å². The van der Waals surface area contributed by atoms with Gasteiger partial charge in [0, 0.05) is 13.2 Å². The molecular formula is C13H21F3O3. The molecule has 2 unspecified atom stereocenters. The van der Waals surface area contributed by atoms with Gasteiger partial charge in [-0.15, -0.1) is 0 Å². The molecule has 1 aliphatic heterocycles. The maximum Gasteiger partial charge on any atom is 0.411 e. The second-order valence-electron chi connectivity index (χ2n) is 5.66. The molecule has 19 heavy (non-hydrogen) atoms. The zero-order valence-corrected chi connectivity index (χ0v) is 10.9. The summed E-state index contributed by atoms with van der Waals surface area (Å²) in [6, 6.07) is 0. The Morgan fingerprint density at radius 1 is 1.37 bits per heavy atom. The summed E-state index contributed by atoms with van der Waals surface area (Å²) in [4.78, 5) is 0. The van der Waals surface area contributed by atoms with Gasteiger partial charge in [0.05, 0.1) is 11.7 Å². The lowest BCUT2D eigenvalue weighted by molar-refractivity contribution is -0.178. The van der Waals surface area contributed by atoms with E-state index >= 15 is 0 Å². The molecule has 2 aliphatic rings. The summed E-state index contributed by atoms with van der Waals surface area (Å²) >= 11 is 0. The van der Waals surface area contributed by atoms with Crippen LogP contribution >= 0.6 is 0 Å². The van der Waals surface area contributed by atoms with Crippen LogP contribution in [0.25, 0.3) is 0 Å². The highest BCUT2D eigenvalue weighted by molar-refractivity contribution is 4.95. The van der Waals surface area contributed by atoms with Crippen molar-refractivity contribution in [3.05, 3.63) is 0 Å². The van der Waals surface area contributed by atoms with E-state index in [-0.39, 0.29) is 24.5 Å². The van der Waals surface area contributed by atoms with Crippen LogP contribution < -0.4 is 0 Å². The second-order valence-corrected chi connectivity index (χ2v) is 5.66. The van der Waals surface area contributed by atoms with Gasteiger partial charge in [0.25, 0.3) is 0 Å². The first-order valence-corrected chi connectivity index (χ1v) is 6.87. The molecule has 1 heterocycles. The molecular weight excluding hydrogens is 261 g/mol. The standard InChI is InChI=1S/C13H21F3O3/c14-13(15,16)9-18-6-3-11(17)10-2-7-19-12(8-10)4-1-5-12/h10-11,17H,1-9H2. The van der Waals surface area contributed by atoms with Gasteiger partial charge in [0.15, 0.2) is 0 Å². The molecule has 2 atom stereocenters. The summed E-state index contributed by atoms with van der Waals surface area (Å²) in [5.74, 6) is 0.128. The smallest absolute Gasteiger partial charge is 0.393 e. The van der Waals surface area contributed by atoms with Gasteiger partial charge >= 0.3 is 6.18 Å². The summed E-state index contributed by atoms with van der Waals surface area (Å²) in [6.07, 6.45) is 0.236. The summed E-state index contributed by atoms with van der Waals surface area (Å²) < 4.78 is 46.0. The molecule has 112 valence electrons. The number of halogens is 3. The van der Waals surface area contributed by atoms with Gasteiger partial charge in [-0.2, -0.15) is 13.2 Å². The van der Waals surface area contributed by atoms with E-state index in [1.165, 1.54) is 0 Å². The molecule has 2 rings (SSSR count). The Morgan fingerprint density at radius 2 is 2.11 bits per heavy atom. The molecule has 1 N–H and O–H groups in total. The maximum absolute atomic E-state index is 11.9. The van der Waals surface area contributed by atoms with Crippen LogP contribution in [0, 0.1) is 5.92 Å². The monoisotopic (exact) mass is 282 g/mol. The molecule has 3 nitrogen and oxygen atoms in total. The number of aliphatic hydroxyl groups excluding tert-OH is 1. The molecule has 1 spiro atoms. The van der Waals surface area contributed by atoms with Crippen LogP contribution in [0.1, 0.15) is 38.5 Å². The van der Waals surface area contributed by atoms with Crippen molar-refractivity contribution in [2.75, 3.05) is 19.8 Å². The first-order valence-electron chi connectivity index (χ1n) is 6.87. The predicted octanol–water partition coefficient (Wildman–Crippen LogP) is 2.67. The predicted molar refractivity (Wildman–Crippen MR) is 62.8 cm³/mol. The highest BCUT2D eigenvalue weighted by Gasteiger charge is 2.43. The van der Waals surface area contributed by atoms with Gasteiger partial charge in [-0.1, -0.05) is 0 Å². The molecule has 0 aromatic rings. The zero-order chi connectivity index (χ0) is 13.9. The third-order valence-corrected chi connectivity index (χ3v) is 4.16. The first-order chi connectivity index (χ1) is 8.90. The van der Waals surface area contributed by atoms with Crippen molar-refractivity contribution >= 4 is 0 Å². The Bertz CT molecular complexity index is 289. The third-order valence-electron chi connectivity index (χ3n) is 4.16. The van der Waals surface area contributed by atoms with Crippen molar-refractivity contribution in [2.24, 2.45) is 5.92 Å². The van der Waals surface area contributed by atoms with Crippen LogP contribution in [0.4, 0.5) is 13.2 Å². The highest BCUT2D eigenvalue weighted by Crippen LogP contribution is 2.45. The average Bonchev–Trinajstić information content (AvgIpc) is 2.31. The number of ether oxygens (including phenoxy) is 2. The Morgan fingerprint density at radius 3 is 2.68 bits per heavy atom. The minimum Gasteiger partial charge on any atom is -0.393 e. The van der Waals surface area contributed by atoms with Crippen molar-refractivity contribution in [1.82, 2.24) is 0 Å². The van der Waals surface area contributed by atoms with E-state index in [9.17, 15) is 18.3 Å². The van der Waals surface area contributed by atoms with Crippen molar-refractivity contribution < 1.29 is 27.8 Å². The summed E-state index contributed by atoms with van der Waals surface area (Å²) in [7, 11) is 0. The fraction of sp³-hybridized carbons (Fsp3) is 1.00. The topological polar surface area (TPSA) is 38.7 Å². The fourth-order valence-corrected chi connectivity index (χ4v) is 2.94. The number of rotatable bonds is 5. The molecule has 0 aromatic heterocycles. The number of hydrogen-bond donors (Lipinski definition) is 1. The largest absolute Gasteiger partial charge is 0.411 e. The van der Waals surface area contributed by atoms with E-state index in [4.69, 9.17) is 4.74 Å². The fourth-order valence-electron chi connectivity index (χ4n) is 2.94. The van der Waals surface area contributed by atoms with E-state index in [2.05, 4.69) is 4.74 Å². The van der Waals surface area contributed by atoms with Crippen LogP contribution in [0.2, 0.25) is 0 Å². The molecule has 0 radical (unpaired) electrons. The van der Waals surface area contributed by atoms with Gasteiger partial charge in [-0.05, 0) is 44.4 Å². The van der Waals surface area contributed by atoms with Gasteiger partial charge < -0.3 is 14.6 Å². The SMILES string of the molecule is OC(CCOCC(F)(F)F)C1CCOC2(CCC2)C1. The van der Waals surface area contributed by atoms with E-state index in [1.54, 1.807) is 0 Å². The highest BCUT2D eigenvalue weighted by atomic mass is 19.4. The minimum atomic E-state index is -4.29. The van der Waals surface area contributed by atoms with Gasteiger partial charge in [-0.25, -0.2) is 0 Å². The summed E-state index contributed by atoms with van der Waals surface area (Å²) in [5, 5.41) is 10.0. The van der Waals surface area contributed by atoms with Gasteiger partial charge in [-0.3, -0.25) is 0 Å². The Hall–Kier alpha value is -0.330. The number of hydrogen-bond acceptors (Lipinski definition) is 3. The quantitative estimate of drug-likeness (QED) is 0.788. The van der Waals surface area contributed by atoms with E-state index in [1.807, 2.05) is 0 Å². The Balaban J connectivity index is 1.66. The Labute approximate surface area is 111 Å². The first kappa shape index (κ1) is 15.1. The molecule has 1 saturated heterocycles. The maximum atomic E-state index is 11.9. The lowest BCUT2D eigenvalue weighted by Gasteiger charge is -2.48. The molecule has 6 heteroatoms. The second kappa shape index (κ2) is 5.97. The molecule has 0 amide bonds. The number of alkyl halides is 3. The zero-order valence-electron chi connectivity index (χ0n) is 10.9. The van der Waals surface area contributed by atoms with Crippen molar-refractivity contribution in [3.8, 4) is 0 Å². The molecule has 0 bridgehead atoms. The van der Waals surface area contributed by atoms with Crippen LogP contribution in [0.3, 0.4) is 0 Å². The average molecular weight is 282 g/mol. The molecule has 1 aliphatic carbocycles. The van der Waals surface area contributed by atoms with E-state index in [0.717, 1.165) is 32.1 Å². The normalized spacial score (nSPS) is 28.1.